The van der Waals surface area contributed by atoms with E-state index in [2.05, 4.69) is 5.32 Å². The van der Waals surface area contributed by atoms with Crippen molar-refractivity contribution in [3.63, 3.8) is 0 Å². The third kappa shape index (κ3) is 4.18. The molecule has 0 aliphatic heterocycles. The molecule has 0 heterocycles. The molecule has 1 rings (SSSR count). The number of halogens is 2. The summed E-state index contributed by atoms with van der Waals surface area (Å²) in [6, 6.07) is 6.47. The van der Waals surface area contributed by atoms with Crippen LogP contribution in [0.15, 0.2) is 29.2 Å². The Balaban J connectivity index is 2.90. The molecule has 0 aliphatic carbocycles. The second kappa shape index (κ2) is 6.86. The van der Waals surface area contributed by atoms with Gasteiger partial charge in [0.2, 0.25) is 5.91 Å². The number of hydrogen-bond acceptors (Lipinski definition) is 3. The minimum absolute atomic E-state index is 0.334. The summed E-state index contributed by atoms with van der Waals surface area (Å²) in [5.41, 5.74) is 5.37. The fourth-order valence-electron chi connectivity index (χ4n) is 1.59. The summed E-state index contributed by atoms with van der Waals surface area (Å²) in [5, 5.41) is 2.64. The first-order valence-electron chi connectivity index (χ1n) is 6.07. The number of alkyl halides is 2. The molecule has 0 unspecified atom stereocenters. The van der Waals surface area contributed by atoms with Gasteiger partial charge >= 0.3 is 0 Å². The Morgan fingerprint density at radius 2 is 1.95 bits per heavy atom. The quantitative estimate of drug-likeness (QED) is 0.788. The Hall–Kier alpha value is -1.14. The van der Waals surface area contributed by atoms with Crippen molar-refractivity contribution in [2.75, 3.05) is 5.32 Å². The normalized spacial score (nSPS) is 11.7. The summed E-state index contributed by atoms with van der Waals surface area (Å²) < 4.78 is 24.9. The van der Waals surface area contributed by atoms with Crippen molar-refractivity contribution < 1.29 is 13.6 Å². The fourth-order valence-corrected chi connectivity index (χ4v) is 2.18. The highest BCUT2D eigenvalue weighted by molar-refractivity contribution is 7.99. The lowest BCUT2D eigenvalue weighted by Crippen LogP contribution is -2.50. The van der Waals surface area contributed by atoms with Gasteiger partial charge in [-0.3, -0.25) is 4.79 Å². The van der Waals surface area contributed by atoms with Gasteiger partial charge in [0.05, 0.1) is 11.2 Å². The monoisotopic (exact) mass is 288 g/mol. The van der Waals surface area contributed by atoms with E-state index in [9.17, 15) is 13.6 Å². The number of carbonyl (C=O) groups is 1. The maximum atomic E-state index is 12.4. The topological polar surface area (TPSA) is 55.1 Å². The van der Waals surface area contributed by atoms with Crippen molar-refractivity contribution in [1.29, 1.82) is 0 Å². The first-order chi connectivity index (χ1) is 8.92. The third-order valence-electron chi connectivity index (χ3n) is 3.07. The molecular weight excluding hydrogens is 270 g/mol. The maximum Gasteiger partial charge on any atom is 0.288 e. The zero-order valence-electron chi connectivity index (χ0n) is 11.0. The SMILES string of the molecule is CCC(N)(CC)C(=O)Nc1ccccc1SC(F)F. The lowest BCUT2D eigenvalue weighted by molar-refractivity contribution is -0.121. The number of carbonyl (C=O) groups excluding carboxylic acids is 1. The number of nitrogens with one attached hydrogen (secondary N) is 1. The number of anilines is 1. The fraction of sp³-hybridized carbons (Fsp3) is 0.462. The molecular formula is C13H18F2N2OS. The number of nitrogens with two attached hydrogens (primary N) is 1. The zero-order chi connectivity index (χ0) is 14.5. The Kier molecular flexibility index (Phi) is 5.75. The molecule has 3 nitrogen and oxygen atoms in total. The van der Waals surface area contributed by atoms with Crippen molar-refractivity contribution in [2.45, 2.75) is 42.9 Å². The Morgan fingerprint density at radius 3 is 2.47 bits per heavy atom. The number of hydrogen-bond donors (Lipinski definition) is 2. The van der Waals surface area contributed by atoms with E-state index in [0.717, 1.165) is 0 Å². The summed E-state index contributed by atoms with van der Waals surface area (Å²) in [6.07, 6.45) is 0.971. The van der Waals surface area contributed by atoms with Gasteiger partial charge in [0.25, 0.3) is 5.76 Å². The smallest absolute Gasteiger partial charge is 0.288 e. The summed E-state index contributed by atoms with van der Waals surface area (Å²) in [7, 11) is 0. The summed E-state index contributed by atoms with van der Waals surface area (Å²) in [4.78, 5) is 12.4. The Bertz CT molecular complexity index is 436. The second-order valence-corrected chi connectivity index (χ2v) is 5.22. The molecule has 1 aromatic carbocycles. The minimum Gasteiger partial charge on any atom is -0.323 e. The van der Waals surface area contributed by atoms with Gasteiger partial charge in [-0.2, -0.15) is 8.78 Å². The number of amides is 1. The van der Waals surface area contributed by atoms with Gasteiger partial charge in [-0.05, 0) is 25.0 Å². The van der Waals surface area contributed by atoms with Gasteiger partial charge in [0, 0.05) is 4.90 Å². The van der Waals surface area contributed by atoms with Crippen molar-refractivity contribution in [2.24, 2.45) is 5.73 Å². The van der Waals surface area contributed by atoms with E-state index < -0.39 is 11.3 Å². The molecule has 0 spiro atoms. The first kappa shape index (κ1) is 15.9. The van der Waals surface area contributed by atoms with Crippen molar-refractivity contribution in [1.82, 2.24) is 0 Å². The largest absolute Gasteiger partial charge is 0.323 e. The molecule has 106 valence electrons. The average Bonchev–Trinajstić information content (AvgIpc) is 2.39. The van der Waals surface area contributed by atoms with Gasteiger partial charge < -0.3 is 11.1 Å². The van der Waals surface area contributed by atoms with Gasteiger partial charge in [-0.25, -0.2) is 0 Å². The lowest BCUT2D eigenvalue weighted by Gasteiger charge is -2.25. The molecule has 0 bridgehead atoms. The summed E-state index contributed by atoms with van der Waals surface area (Å²) in [5.74, 6) is -2.88. The lowest BCUT2D eigenvalue weighted by atomic mass is 9.93. The predicted octanol–water partition coefficient (Wildman–Crippen LogP) is 3.46. The molecule has 0 aromatic heterocycles. The Labute approximate surface area is 115 Å². The van der Waals surface area contributed by atoms with Gasteiger partial charge in [0.1, 0.15) is 0 Å². The van der Waals surface area contributed by atoms with Crippen LogP contribution in [0.2, 0.25) is 0 Å². The molecule has 19 heavy (non-hydrogen) atoms. The third-order valence-corrected chi connectivity index (χ3v) is 3.85. The van der Waals surface area contributed by atoms with Crippen LogP contribution in [-0.2, 0) is 4.79 Å². The number of thioether (sulfide) groups is 1. The zero-order valence-corrected chi connectivity index (χ0v) is 11.8. The van der Waals surface area contributed by atoms with E-state index in [0.29, 0.717) is 35.2 Å². The average molecular weight is 288 g/mol. The Morgan fingerprint density at radius 1 is 1.37 bits per heavy atom. The van der Waals surface area contributed by atoms with Gasteiger partial charge in [-0.1, -0.05) is 37.7 Å². The summed E-state index contributed by atoms with van der Waals surface area (Å²) in [6.45, 7) is 3.64. The molecule has 0 saturated heterocycles. The second-order valence-electron chi connectivity index (χ2n) is 4.19. The predicted molar refractivity (Wildman–Crippen MR) is 74.4 cm³/mol. The number of benzene rings is 1. The van der Waals surface area contributed by atoms with Crippen LogP contribution in [0.25, 0.3) is 0 Å². The van der Waals surface area contributed by atoms with Crippen LogP contribution in [-0.4, -0.2) is 17.2 Å². The van der Waals surface area contributed by atoms with Crippen LogP contribution in [0.5, 0.6) is 0 Å². The molecule has 0 aliphatic rings. The highest BCUT2D eigenvalue weighted by atomic mass is 32.2. The highest BCUT2D eigenvalue weighted by Crippen LogP contribution is 2.32. The van der Waals surface area contributed by atoms with Gasteiger partial charge in [-0.15, -0.1) is 0 Å². The van der Waals surface area contributed by atoms with Crippen LogP contribution in [0.3, 0.4) is 0 Å². The number of rotatable bonds is 6. The van der Waals surface area contributed by atoms with Crippen LogP contribution in [0.4, 0.5) is 14.5 Å². The minimum atomic E-state index is -2.53. The van der Waals surface area contributed by atoms with Crippen LogP contribution < -0.4 is 11.1 Å². The summed E-state index contributed by atoms with van der Waals surface area (Å²) >= 11 is 0.404. The van der Waals surface area contributed by atoms with E-state index in [-0.39, 0.29) is 5.91 Å². The van der Waals surface area contributed by atoms with E-state index in [4.69, 9.17) is 5.73 Å². The van der Waals surface area contributed by atoms with Crippen molar-refractivity contribution >= 4 is 23.4 Å². The molecule has 0 radical (unpaired) electrons. The van der Waals surface area contributed by atoms with Crippen LogP contribution >= 0.6 is 11.8 Å². The molecule has 0 atom stereocenters. The maximum absolute atomic E-state index is 12.4. The molecule has 6 heteroatoms. The van der Waals surface area contributed by atoms with E-state index in [1.165, 1.54) is 0 Å². The molecule has 0 fully saturated rings. The number of para-hydroxylation sites is 1. The molecule has 0 saturated carbocycles. The van der Waals surface area contributed by atoms with E-state index in [1.54, 1.807) is 24.3 Å². The molecule has 1 aromatic rings. The molecule has 1 amide bonds. The van der Waals surface area contributed by atoms with Crippen LogP contribution in [0, 0.1) is 0 Å². The van der Waals surface area contributed by atoms with E-state index >= 15 is 0 Å². The van der Waals surface area contributed by atoms with Crippen molar-refractivity contribution in [3.05, 3.63) is 24.3 Å². The highest BCUT2D eigenvalue weighted by Gasteiger charge is 2.30. The molecule has 3 N–H and O–H groups in total. The van der Waals surface area contributed by atoms with Gasteiger partial charge in [0.15, 0.2) is 0 Å². The standard InChI is InChI=1S/C13H18F2N2OS/c1-3-13(16,4-2)11(18)17-9-7-5-6-8-10(9)19-12(14)15/h5-8,12H,3-4,16H2,1-2H3,(H,17,18). The van der Waals surface area contributed by atoms with Crippen molar-refractivity contribution in [3.8, 4) is 0 Å². The van der Waals surface area contributed by atoms with E-state index in [1.807, 2.05) is 13.8 Å². The first-order valence-corrected chi connectivity index (χ1v) is 6.95. The van der Waals surface area contributed by atoms with Crippen LogP contribution in [0.1, 0.15) is 26.7 Å².